The van der Waals surface area contributed by atoms with Gasteiger partial charge in [-0.2, -0.15) is 0 Å². The molecule has 1 nitrogen and oxygen atoms in total. The van der Waals surface area contributed by atoms with Crippen molar-refractivity contribution >= 4 is 17.7 Å². The predicted molar refractivity (Wildman–Crippen MR) is 73.0 cm³/mol. The molecule has 0 fully saturated rings. The lowest BCUT2D eigenvalue weighted by molar-refractivity contribution is 0.414. The lowest BCUT2D eigenvalue weighted by Crippen LogP contribution is -1.76. The van der Waals surface area contributed by atoms with Crippen molar-refractivity contribution in [2.24, 2.45) is 0 Å². The standard InChI is InChI=1S/C12H13ClO.C2H6/c1-9-6-7-11(8-12(9)13)5-3-4-10(2)14;1-2/h3-8,14H,1-2H3;1-2H3/b5-3+,10-4-;. The molecule has 0 bridgehead atoms. The van der Waals surface area contributed by atoms with Gasteiger partial charge in [0.15, 0.2) is 0 Å². The van der Waals surface area contributed by atoms with E-state index in [2.05, 4.69) is 0 Å². The van der Waals surface area contributed by atoms with Gasteiger partial charge >= 0.3 is 0 Å². The molecule has 1 aromatic carbocycles. The second kappa shape index (κ2) is 8.00. The smallest absolute Gasteiger partial charge is 0.0891 e. The Hall–Kier alpha value is -1.21. The Kier molecular flexibility index (Phi) is 7.40. The highest BCUT2D eigenvalue weighted by molar-refractivity contribution is 6.31. The Labute approximate surface area is 103 Å². The van der Waals surface area contributed by atoms with E-state index < -0.39 is 0 Å². The van der Waals surface area contributed by atoms with Crippen LogP contribution in [0, 0.1) is 6.92 Å². The minimum atomic E-state index is 0.291. The van der Waals surface area contributed by atoms with Crippen LogP contribution in [-0.2, 0) is 0 Å². The van der Waals surface area contributed by atoms with Crippen LogP contribution in [0.2, 0.25) is 5.02 Å². The van der Waals surface area contributed by atoms with Crippen molar-refractivity contribution in [2.45, 2.75) is 27.7 Å². The van der Waals surface area contributed by atoms with Crippen LogP contribution < -0.4 is 0 Å². The molecule has 0 unspecified atom stereocenters. The molecule has 16 heavy (non-hydrogen) atoms. The summed E-state index contributed by atoms with van der Waals surface area (Å²) in [5, 5.41) is 9.67. The predicted octanol–water partition coefficient (Wildman–Crippen LogP) is 5.15. The van der Waals surface area contributed by atoms with Crippen LogP contribution in [0.3, 0.4) is 0 Å². The van der Waals surface area contributed by atoms with Gasteiger partial charge in [0.25, 0.3) is 0 Å². The number of hydrogen-bond acceptors (Lipinski definition) is 1. The molecule has 88 valence electrons. The van der Waals surface area contributed by atoms with Crippen molar-refractivity contribution in [1.29, 1.82) is 0 Å². The number of benzene rings is 1. The van der Waals surface area contributed by atoms with Gasteiger partial charge in [0.1, 0.15) is 0 Å². The van der Waals surface area contributed by atoms with Crippen LogP contribution in [0.15, 0.2) is 36.1 Å². The van der Waals surface area contributed by atoms with Crippen LogP contribution in [0.1, 0.15) is 31.9 Å². The van der Waals surface area contributed by atoms with Gasteiger partial charge in [0, 0.05) is 5.02 Å². The fourth-order valence-electron chi connectivity index (χ4n) is 1.01. The van der Waals surface area contributed by atoms with Crippen molar-refractivity contribution in [3.05, 3.63) is 52.3 Å². The molecule has 2 heteroatoms. The minimum Gasteiger partial charge on any atom is -0.513 e. The lowest BCUT2D eigenvalue weighted by atomic mass is 10.1. The first-order valence-electron chi connectivity index (χ1n) is 5.39. The molecule has 0 saturated carbocycles. The highest BCUT2D eigenvalue weighted by atomic mass is 35.5. The van der Waals surface area contributed by atoms with Gasteiger partial charge in [-0.3, -0.25) is 0 Å². The number of allylic oxidation sites excluding steroid dienone is 3. The van der Waals surface area contributed by atoms with E-state index in [1.165, 1.54) is 0 Å². The van der Waals surface area contributed by atoms with Crippen LogP contribution in [0.5, 0.6) is 0 Å². The molecule has 1 rings (SSSR count). The van der Waals surface area contributed by atoms with Crippen LogP contribution in [0.4, 0.5) is 0 Å². The number of halogens is 1. The number of rotatable bonds is 2. The Balaban J connectivity index is 0.00000106. The van der Waals surface area contributed by atoms with E-state index in [9.17, 15) is 0 Å². The van der Waals surface area contributed by atoms with Crippen molar-refractivity contribution in [3.63, 3.8) is 0 Å². The van der Waals surface area contributed by atoms with Gasteiger partial charge in [0.05, 0.1) is 5.76 Å². The van der Waals surface area contributed by atoms with Gasteiger partial charge in [-0.15, -0.1) is 0 Å². The van der Waals surface area contributed by atoms with Gasteiger partial charge in [-0.05, 0) is 37.1 Å². The summed E-state index contributed by atoms with van der Waals surface area (Å²) in [6.45, 7) is 7.60. The molecule has 0 amide bonds. The van der Waals surface area contributed by atoms with E-state index in [1.54, 1.807) is 19.1 Å². The fraction of sp³-hybridized carbons (Fsp3) is 0.286. The molecule has 0 spiro atoms. The van der Waals surface area contributed by atoms with E-state index >= 15 is 0 Å². The SMILES string of the molecule is C/C(O)=C/C=C/c1ccc(C)c(Cl)c1.CC. The molecule has 0 aromatic heterocycles. The zero-order valence-electron chi connectivity index (χ0n) is 10.3. The summed E-state index contributed by atoms with van der Waals surface area (Å²) in [4.78, 5) is 0. The topological polar surface area (TPSA) is 20.2 Å². The van der Waals surface area contributed by atoms with Crippen molar-refractivity contribution in [1.82, 2.24) is 0 Å². The summed E-state index contributed by atoms with van der Waals surface area (Å²) >= 11 is 5.96. The largest absolute Gasteiger partial charge is 0.513 e. The Morgan fingerprint density at radius 3 is 2.44 bits per heavy atom. The maximum Gasteiger partial charge on any atom is 0.0891 e. The molecule has 1 N–H and O–H groups in total. The monoisotopic (exact) mass is 238 g/mol. The molecule has 0 atom stereocenters. The van der Waals surface area contributed by atoms with E-state index in [1.807, 2.05) is 45.0 Å². The zero-order valence-corrected chi connectivity index (χ0v) is 11.0. The molecule has 0 heterocycles. The first-order valence-corrected chi connectivity index (χ1v) is 5.77. The number of hydrogen-bond donors (Lipinski definition) is 1. The summed E-state index contributed by atoms with van der Waals surface area (Å²) in [5.41, 5.74) is 2.09. The van der Waals surface area contributed by atoms with Crippen molar-refractivity contribution in [2.75, 3.05) is 0 Å². The van der Waals surface area contributed by atoms with Crippen LogP contribution in [-0.4, -0.2) is 5.11 Å². The first kappa shape index (κ1) is 14.8. The summed E-state index contributed by atoms with van der Waals surface area (Å²) in [7, 11) is 0. The highest BCUT2D eigenvalue weighted by Gasteiger charge is 1.93. The maximum atomic E-state index is 8.91. The van der Waals surface area contributed by atoms with Crippen molar-refractivity contribution < 1.29 is 5.11 Å². The van der Waals surface area contributed by atoms with Crippen LogP contribution >= 0.6 is 11.6 Å². The molecule has 0 saturated heterocycles. The molecule has 0 aliphatic rings. The number of aryl methyl sites for hydroxylation is 1. The maximum absolute atomic E-state index is 8.91. The highest BCUT2D eigenvalue weighted by Crippen LogP contribution is 2.17. The van der Waals surface area contributed by atoms with E-state index in [-0.39, 0.29) is 0 Å². The van der Waals surface area contributed by atoms with E-state index in [0.29, 0.717) is 5.76 Å². The van der Waals surface area contributed by atoms with E-state index in [0.717, 1.165) is 16.1 Å². The normalized spacial score (nSPS) is 11.2. The van der Waals surface area contributed by atoms with Crippen molar-refractivity contribution in [3.8, 4) is 0 Å². The quantitative estimate of drug-likeness (QED) is 0.558. The number of aliphatic hydroxyl groups excluding tert-OH is 1. The van der Waals surface area contributed by atoms with Crippen LogP contribution in [0.25, 0.3) is 6.08 Å². The third kappa shape index (κ3) is 5.62. The first-order chi connectivity index (χ1) is 7.59. The average molecular weight is 239 g/mol. The lowest BCUT2D eigenvalue weighted by Gasteiger charge is -1.98. The second-order valence-corrected chi connectivity index (χ2v) is 3.58. The van der Waals surface area contributed by atoms with Gasteiger partial charge in [0.2, 0.25) is 0 Å². The Morgan fingerprint density at radius 2 is 1.94 bits per heavy atom. The van der Waals surface area contributed by atoms with Gasteiger partial charge < -0.3 is 5.11 Å². The summed E-state index contributed by atoms with van der Waals surface area (Å²) in [6.07, 6.45) is 5.31. The molecule has 0 aliphatic heterocycles. The summed E-state index contributed by atoms with van der Waals surface area (Å²) in [6, 6.07) is 5.85. The third-order valence-corrected chi connectivity index (χ3v) is 2.23. The van der Waals surface area contributed by atoms with E-state index in [4.69, 9.17) is 16.7 Å². The molecule has 0 aliphatic carbocycles. The van der Waals surface area contributed by atoms with Gasteiger partial charge in [-0.1, -0.05) is 49.7 Å². The molecular weight excluding hydrogens is 220 g/mol. The average Bonchev–Trinajstić information content (AvgIpc) is 2.26. The molecular formula is C14H19ClO. The Bertz CT molecular complexity index is 374. The number of aliphatic hydroxyl groups is 1. The fourth-order valence-corrected chi connectivity index (χ4v) is 1.20. The molecule has 0 radical (unpaired) electrons. The summed E-state index contributed by atoms with van der Waals surface area (Å²) < 4.78 is 0. The molecule has 1 aromatic rings. The second-order valence-electron chi connectivity index (χ2n) is 3.18. The minimum absolute atomic E-state index is 0.291. The zero-order chi connectivity index (χ0) is 12.6. The van der Waals surface area contributed by atoms with Gasteiger partial charge in [-0.25, -0.2) is 0 Å². The third-order valence-electron chi connectivity index (χ3n) is 1.82. The Morgan fingerprint density at radius 1 is 1.31 bits per heavy atom. The summed E-state index contributed by atoms with van der Waals surface area (Å²) in [5.74, 6) is 0.291.